The first-order chi connectivity index (χ1) is 14.2. The van der Waals surface area contributed by atoms with E-state index in [0.29, 0.717) is 6.54 Å². The fraction of sp³-hybridized carbons (Fsp3) is 0.667. The van der Waals surface area contributed by atoms with Gasteiger partial charge < -0.3 is 10.4 Å². The lowest BCUT2D eigenvalue weighted by Crippen LogP contribution is -2.44. The lowest BCUT2D eigenvalue weighted by atomic mass is 10.1. The zero-order valence-corrected chi connectivity index (χ0v) is 18.2. The Hall–Kier alpha value is -1.88. The predicted molar refractivity (Wildman–Crippen MR) is 119 cm³/mol. The number of hydroxylamine groups is 1. The van der Waals surface area contributed by atoms with Gasteiger partial charge in [-0.15, -0.1) is 0 Å². The predicted octanol–water partition coefficient (Wildman–Crippen LogP) is 4.69. The Kier molecular flexibility index (Phi) is 14.8. The zero-order chi connectivity index (χ0) is 21.2. The van der Waals surface area contributed by atoms with E-state index in [4.69, 9.17) is 0 Å². The van der Waals surface area contributed by atoms with Crippen molar-refractivity contribution >= 4 is 12.1 Å². The minimum absolute atomic E-state index is 0.356. The molecule has 0 aromatic heterocycles. The van der Waals surface area contributed by atoms with Gasteiger partial charge in [0.15, 0.2) is 0 Å². The summed E-state index contributed by atoms with van der Waals surface area (Å²) in [5.41, 5.74) is 0.766. The number of benzene rings is 1. The summed E-state index contributed by atoms with van der Waals surface area (Å²) < 4.78 is 0.785. The van der Waals surface area contributed by atoms with Crippen molar-refractivity contribution in [3.63, 3.8) is 0 Å². The number of hydrogen-bond acceptors (Lipinski definition) is 3. The van der Waals surface area contributed by atoms with Gasteiger partial charge >= 0.3 is 6.04 Å². The smallest absolute Gasteiger partial charge is 0.301 e. The van der Waals surface area contributed by atoms with Crippen molar-refractivity contribution < 1.29 is 19.8 Å². The highest BCUT2D eigenvalue weighted by Crippen LogP contribution is 2.11. The number of carbonyl (C=O) groups excluding carboxylic acids is 1. The fourth-order valence-electron chi connectivity index (χ4n) is 3.36. The maximum absolute atomic E-state index is 12.2. The molecule has 5 heteroatoms. The molecule has 29 heavy (non-hydrogen) atoms. The zero-order valence-electron chi connectivity index (χ0n) is 18.2. The third-order valence-electron chi connectivity index (χ3n) is 5.21. The van der Waals surface area contributed by atoms with Crippen molar-refractivity contribution in [2.24, 2.45) is 0 Å². The van der Waals surface area contributed by atoms with Crippen LogP contribution in [-0.2, 0) is 4.79 Å². The van der Waals surface area contributed by atoms with Crippen LogP contribution in [0.5, 0.6) is 0 Å². The Labute approximate surface area is 176 Å². The van der Waals surface area contributed by atoms with Gasteiger partial charge in [-0.3, -0.25) is 10.0 Å². The van der Waals surface area contributed by atoms with Crippen LogP contribution >= 0.6 is 0 Å². The summed E-state index contributed by atoms with van der Waals surface area (Å²) >= 11 is 0. The molecule has 0 aliphatic heterocycles. The lowest BCUT2D eigenvalue weighted by Gasteiger charge is -2.09. The molecule has 5 nitrogen and oxygen atoms in total. The fourth-order valence-corrected chi connectivity index (χ4v) is 3.36. The highest BCUT2D eigenvalue weighted by atomic mass is 16.5. The molecule has 1 aromatic carbocycles. The number of aliphatic hydroxyl groups excluding tert-OH is 1. The van der Waals surface area contributed by atoms with Crippen LogP contribution in [-0.4, -0.2) is 46.4 Å². The van der Waals surface area contributed by atoms with Gasteiger partial charge in [0.2, 0.25) is 6.21 Å². The molecule has 1 rings (SSSR count). The van der Waals surface area contributed by atoms with Crippen molar-refractivity contribution in [1.82, 2.24) is 5.32 Å². The van der Waals surface area contributed by atoms with Crippen LogP contribution in [0.4, 0.5) is 0 Å². The molecule has 0 heterocycles. The second-order valence-corrected chi connectivity index (χ2v) is 7.80. The number of nitrogens with zero attached hydrogens (tertiary/aromatic N) is 1. The van der Waals surface area contributed by atoms with E-state index in [1.807, 2.05) is 30.3 Å². The van der Waals surface area contributed by atoms with Gasteiger partial charge in [0.25, 0.3) is 5.91 Å². The van der Waals surface area contributed by atoms with Crippen molar-refractivity contribution in [1.29, 1.82) is 0 Å². The molecule has 0 bridgehead atoms. The van der Waals surface area contributed by atoms with Crippen LogP contribution < -0.4 is 5.32 Å². The number of nitrogens with one attached hydrogen (secondary N) is 1. The summed E-state index contributed by atoms with van der Waals surface area (Å²) in [4.78, 5) is 12.2. The van der Waals surface area contributed by atoms with E-state index in [2.05, 4.69) is 12.2 Å². The van der Waals surface area contributed by atoms with E-state index in [-0.39, 0.29) is 5.91 Å². The number of unbranched alkanes of at least 4 members (excludes halogenated alkanes) is 11. The van der Waals surface area contributed by atoms with Gasteiger partial charge in [0.1, 0.15) is 6.61 Å². The van der Waals surface area contributed by atoms with Crippen LogP contribution in [0.3, 0.4) is 0 Å². The molecular weight excluding hydrogens is 364 g/mol. The Morgan fingerprint density at radius 3 is 1.97 bits per heavy atom. The molecule has 0 aliphatic carbocycles. The topological polar surface area (TPSA) is 72.6 Å². The average Bonchev–Trinajstić information content (AvgIpc) is 2.72. The van der Waals surface area contributed by atoms with Crippen LogP contribution in [0.25, 0.3) is 0 Å². The summed E-state index contributed by atoms with van der Waals surface area (Å²) in [5.74, 6) is -0.356. The SMILES string of the molecule is CCCCCCCCCCCCCCNC(=O)[C@H](CO)[N+](O)=Cc1ccccc1. The molecule has 0 fully saturated rings. The second-order valence-electron chi connectivity index (χ2n) is 7.80. The first kappa shape index (κ1) is 25.2. The summed E-state index contributed by atoms with van der Waals surface area (Å²) in [6.45, 7) is 2.39. The molecule has 0 radical (unpaired) electrons. The quantitative estimate of drug-likeness (QED) is 0.116. The Morgan fingerprint density at radius 2 is 1.45 bits per heavy atom. The summed E-state index contributed by atoms with van der Waals surface area (Å²) in [6, 6.07) is 8.23. The molecule has 0 saturated heterocycles. The molecule has 164 valence electrons. The molecule has 1 atom stereocenters. The standard InChI is InChI=1S/C24H40N2O3/c1-2-3-4-5-6-7-8-9-10-11-12-16-19-25-24(28)23(21-27)26(29)20-22-17-14-13-15-18-22/h13-15,17-18,20,23,27H,2-12,16,19,21H2,1H3,(H-,25,28,29)/p+1/t23-/m0/s1. The molecule has 0 saturated carbocycles. The lowest BCUT2D eigenvalue weighted by molar-refractivity contribution is -0.787. The summed E-state index contributed by atoms with van der Waals surface area (Å²) in [6.07, 6.45) is 16.8. The minimum atomic E-state index is -0.993. The van der Waals surface area contributed by atoms with Crippen LogP contribution in [0.15, 0.2) is 30.3 Å². The summed E-state index contributed by atoms with van der Waals surface area (Å²) in [5, 5.41) is 22.4. The third kappa shape index (κ3) is 12.3. The Morgan fingerprint density at radius 1 is 0.931 bits per heavy atom. The van der Waals surface area contributed by atoms with Crippen LogP contribution in [0.2, 0.25) is 0 Å². The van der Waals surface area contributed by atoms with E-state index >= 15 is 0 Å². The van der Waals surface area contributed by atoms with Crippen molar-refractivity contribution in [3.05, 3.63) is 35.9 Å². The highest BCUT2D eigenvalue weighted by molar-refractivity contribution is 5.82. The number of hydrogen-bond donors (Lipinski definition) is 3. The van der Waals surface area contributed by atoms with Gasteiger partial charge in [-0.25, -0.2) is 0 Å². The third-order valence-corrected chi connectivity index (χ3v) is 5.21. The number of rotatable bonds is 17. The van der Waals surface area contributed by atoms with Crippen LogP contribution in [0, 0.1) is 0 Å². The van der Waals surface area contributed by atoms with E-state index in [1.165, 1.54) is 70.4 Å². The molecular formula is C24H41N2O3+. The first-order valence-corrected chi connectivity index (χ1v) is 11.4. The molecule has 3 N–H and O–H groups in total. The molecule has 0 aliphatic rings. The largest absolute Gasteiger partial charge is 0.389 e. The number of carbonyl (C=O) groups is 1. The van der Waals surface area contributed by atoms with Crippen molar-refractivity contribution in [2.75, 3.05) is 13.2 Å². The molecule has 1 amide bonds. The van der Waals surface area contributed by atoms with Gasteiger partial charge in [-0.05, 0) is 23.3 Å². The van der Waals surface area contributed by atoms with Gasteiger partial charge in [-0.2, -0.15) is 0 Å². The van der Waals surface area contributed by atoms with Gasteiger partial charge in [0, 0.05) is 12.1 Å². The average molecular weight is 406 g/mol. The number of aliphatic hydroxyl groups is 1. The minimum Gasteiger partial charge on any atom is -0.389 e. The van der Waals surface area contributed by atoms with E-state index in [9.17, 15) is 15.1 Å². The van der Waals surface area contributed by atoms with E-state index in [1.54, 1.807) is 0 Å². The first-order valence-electron chi connectivity index (χ1n) is 11.4. The van der Waals surface area contributed by atoms with Crippen molar-refractivity contribution in [2.45, 2.75) is 90.0 Å². The normalized spacial score (nSPS) is 12.7. The van der Waals surface area contributed by atoms with Crippen LogP contribution in [0.1, 0.15) is 89.5 Å². The molecule has 0 unspecified atom stereocenters. The monoisotopic (exact) mass is 405 g/mol. The highest BCUT2D eigenvalue weighted by Gasteiger charge is 2.29. The maximum atomic E-state index is 12.2. The molecule has 1 aromatic rings. The maximum Gasteiger partial charge on any atom is 0.301 e. The van der Waals surface area contributed by atoms with Gasteiger partial charge in [0.05, 0.1) is 0 Å². The Bertz CT molecular complexity index is 561. The number of amides is 1. The summed E-state index contributed by atoms with van der Waals surface area (Å²) in [7, 11) is 0. The second kappa shape index (κ2) is 17.0. The Balaban J connectivity index is 2.08. The molecule has 0 spiro atoms. The van der Waals surface area contributed by atoms with E-state index < -0.39 is 12.6 Å². The van der Waals surface area contributed by atoms with E-state index in [0.717, 1.165) is 23.1 Å². The van der Waals surface area contributed by atoms with Crippen molar-refractivity contribution in [3.8, 4) is 0 Å². The van der Waals surface area contributed by atoms with Gasteiger partial charge in [-0.1, -0.05) is 95.8 Å².